The molecule has 2 aromatic rings. The maximum absolute atomic E-state index is 5.38. The fraction of sp³-hybridized carbons (Fsp3) is 0.368. The van der Waals surface area contributed by atoms with Crippen molar-refractivity contribution < 1.29 is 0 Å². The van der Waals surface area contributed by atoms with Crippen LogP contribution >= 0.6 is 7.51 Å². The average Bonchev–Trinajstić information content (AvgIpc) is 3.18. The molecular formula is C19H25N4P. The Balaban J connectivity index is 1.91. The molecule has 24 heavy (non-hydrogen) atoms. The molecule has 126 valence electrons. The molecule has 2 heterocycles. The van der Waals surface area contributed by atoms with Crippen LogP contribution < -0.4 is 4.67 Å². The second-order valence-electron chi connectivity index (χ2n) is 6.70. The van der Waals surface area contributed by atoms with Crippen molar-refractivity contribution in [1.82, 2.24) is 9.34 Å². The standard InChI is InChI=1S/C19H25N4P/c1-21(2)24(20-17-10-5-3-6-11-17)22-15-9-14-19(22)16-23(24)18-12-7-4-8-13-18/h3-8,10-13,19H,9,14-16H2,1-2H3/t19-,24?/m0/s1. The summed E-state index contributed by atoms with van der Waals surface area (Å²) in [5, 5.41) is 0. The summed E-state index contributed by atoms with van der Waals surface area (Å²) in [6.45, 7) is 2.22. The predicted molar refractivity (Wildman–Crippen MR) is 103 cm³/mol. The lowest BCUT2D eigenvalue weighted by Gasteiger charge is -2.40. The summed E-state index contributed by atoms with van der Waals surface area (Å²) < 4.78 is 13.0. The van der Waals surface area contributed by atoms with Gasteiger partial charge in [0, 0.05) is 24.8 Å². The van der Waals surface area contributed by atoms with Gasteiger partial charge in [0.05, 0.1) is 5.69 Å². The molecule has 0 N–H and O–H groups in total. The van der Waals surface area contributed by atoms with Gasteiger partial charge in [-0.05, 0) is 51.2 Å². The van der Waals surface area contributed by atoms with E-state index >= 15 is 0 Å². The molecule has 5 heteroatoms. The van der Waals surface area contributed by atoms with Gasteiger partial charge in [0.1, 0.15) is 0 Å². The molecule has 0 saturated carbocycles. The molecule has 2 aromatic carbocycles. The average molecular weight is 340 g/mol. The summed E-state index contributed by atoms with van der Waals surface area (Å²) in [6.07, 6.45) is 2.57. The third kappa shape index (κ3) is 2.50. The first-order valence-corrected chi connectivity index (χ1v) is 10.3. The summed E-state index contributed by atoms with van der Waals surface area (Å²) >= 11 is 0. The quantitative estimate of drug-likeness (QED) is 0.749. The van der Waals surface area contributed by atoms with E-state index in [0.717, 1.165) is 18.8 Å². The second-order valence-corrected chi connectivity index (χ2v) is 9.77. The third-order valence-corrected chi connectivity index (χ3v) is 8.83. The van der Waals surface area contributed by atoms with Crippen molar-refractivity contribution in [2.75, 3.05) is 31.9 Å². The molecule has 0 spiro atoms. The van der Waals surface area contributed by atoms with Crippen molar-refractivity contribution in [3.05, 3.63) is 60.7 Å². The van der Waals surface area contributed by atoms with E-state index in [1.807, 2.05) is 0 Å². The number of anilines is 1. The summed E-state index contributed by atoms with van der Waals surface area (Å²) in [5.41, 5.74) is 2.36. The zero-order chi connectivity index (χ0) is 16.6. The van der Waals surface area contributed by atoms with E-state index in [0.29, 0.717) is 6.04 Å². The van der Waals surface area contributed by atoms with Crippen molar-refractivity contribution in [3.63, 3.8) is 0 Å². The minimum atomic E-state index is -1.95. The molecule has 0 aliphatic carbocycles. The summed E-state index contributed by atoms with van der Waals surface area (Å²) in [7, 11) is 2.43. The molecule has 2 fully saturated rings. The van der Waals surface area contributed by atoms with Gasteiger partial charge in [0.2, 0.25) is 0 Å². The SMILES string of the molecule is CN(C)P1(=Nc2ccccc2)N(c2ccccc2)C[C@@H]2CCCN21. The zero-order valence-corrected chi connectivity index (χ0v) is 15.3. The third-order valence-electron chi connectivity index (χ3n) is 5.00. The Kier molecular flexibility index (Phi) is 4.21. The van der Waals surface area contributed by atoms with Gasteiger partial charge in [0.15, 0.2) is 7.51 Å². The van der Waals surface area contributed by atoms with E-state index in [1.165, 1.54) is 18.5 Å². The molecule has 2 aliphatic rings. The Morgan fingerprint density at radius 3 is 2.33 bits per heavy atom. The van der Waals surface area contributed by atoms with Crippen molar-refractivity contribution >= 4 is 18.9 Å². The lowest BCUT2D eigenvalue weighted by atomic mass is 10.2. The lowest BCUT2D eigenvalue weighted by molar-refractivity contribution is 0.439. The van der Waals surface area contributed by atoms with Crippen LogP contribution in [0.5, 0.6) is 0 Å². The molecule has 2 aliphatic heterocycles. The molecule has 0 radical (unpaired) electrons. The maximum Gasteiger partial charge on any atom is 0.197 e. The largest absolute Gasteiger partial charge is 0.313 e. The molecular weight excluding hydrogens is 315 g/mol. The van der Waals surface area contributed by atoms with Crippen LogP contribution in [0.4, 0.5) is 11.4 Å². The first-order chi connectivity index (χ1) is 11.7. The van der Waals surface area contributed by atoms with Crippen molar-refractivity contribution in [3.8, 4) is 0 Å². The van der Waals surface area contributed by atoms with Crippen LogP contribution in [0.3, 0.4) is 0 Å². The second kappa shape index (κ2) is 6.36. The minimum absolute atomic E-state index is 0.619. The van der Waals surface area contributed by atoms with Gasteiger partial charge in [0.25, 0.3) is 0 Å². The van der Waals surface area contributed by atoms with Crippen LogP contribution in [0.1, 0.15) is 12.8 Å². The topological polar surface area (TPSA) is 22.1 Å². The Labute approximate surface area is 144 Å². The number of hydrogen-bond acceptors (Lipinski definition) is 1. The number of rotatable bonds is 3. The van der Waals surface area contributed by atoms with Crippen LogP contribution in [0.25, 0.3) is 0 Å². The van der Waals surface area contributed by atoms with Crippen molar-refractivity contribution in [2.24, 2.45) is 4.74 Å². The van der Waals surface area contributed by atoms with Gasteiger partial charge in [-0.15, -0.1) is 0 Å². The highest BCUT2D eigenvalue weighted by atomic mass is 31.2. The summed E-state index contributed by atoms with van der Waals surface area (Å²) in [5.74, 6) is 0. The Hall–Kier alpha value is -1.61. The first kappa shape index (κ1) is 15.9. The Bertz CT molecular complexity index is 744. The highest BCUT2D eigenvalue weighted by Gasteiger charge is 2.50. The molecule has 0 aromatic heterocycles. The zero-order valence-electron chi connectivity index (χ0n) is 14.4. The fourth-order valence-corrected chi connectivity index (χ4v) is 7.86. The number of fused-ring (bicyclic) bond motifs is 1. The smallest absolute Gasteiger partial charge is 0.197 e. The van der Waals surface area contributed by atoms with E-state index in [9.17, 15) is 0 Å². The molecule has 4 nitrogen and oxygen atoms in total. The fourth-order valence-electron chi connectivity index (χ4n) is 3.96. The predicted octanol–water partition coefficient (Wildman–Crippen LogP) is 4.81. The van der Waals surface area contributed by atoms with E-state index in [-0.39, 0.29) is 0 Å². The molecule has 0 bridgehead atoms. The minimum Gasteiger partial charge on any atom is -0.313 e. The van der Waals surface area contributed by atoms with Crippen molar-refractivity contribution in [1.29, 1.82) is 0 Å². The number of hydrogen-bond donors (Lipinski definition) is 0. The number of nitrogens with zero attached hydrogens (tertiary/aromatic N) is 4. The highest BCUT2D eigenvalue weighted by Crippen LogP contribution is 2.67. The van der Waals surface area contributed by atoms with Gasteiger partial charge >= 0.3 is 0 Å². The van der Waals surface area contributed by atoms with Crippen LogP contribution in [0.15, 0.2) is 65.4 Å². The first-order valence-electron chi connectivity index (χ1n) is 8.67. The van der Waals surface area contributed by atoms with Crippen LogP contribution in [-0.2, 0) is 0 Å². The van der Waals surface area contributed by atoms with Crippen LogP contribution in [-0.4, -0.2) is 42.6 Å². The molecule has 1 unspecified atom stereocenters. The van der Waals surface area contributed by atoms with Crippen LogP contribution in [0.2, 0.25) is 0 Å². The Morgan fingerprint density at radius 1 is 1.00 bits per heavy atom. The van der Waals surface area contributed by atoms with Gasteiger partial charge in [-0.3, -0.25) is 0 Å². The summed E-state index contributed by atoms with van der Waals surface area (Å²) in [4.78, 5) is 0. The van der Waals surface area contributed by atoms with Gasteiger partial charge in [-0.1, -0.05) is 36.4 Å². The van der Waals surface area contributed by atoms with E-state index in [1.54, 1.807) is 0 Å². The van der Waals surface area contributed by atoms with Crippen molar-refractivity contribution in [2.45, 2.75) is 18.9 Å². The van der Waals surface area contributed by atoms with Gasteiger partial charge in [-0.25, -0.2) is 14.1 Å². The molecule has 2 saturated heterocycles. The molecule has 4 rings (SSSR count). The number of benzene rings is 2. The van der Waals surface area contributed by atoms with Gasteiger partial charge in [-0.2, -0.15) is 0 Å². The maximum atomic E-state index is 5.38. The van der Waals surface area contributed by atoms with E-state index < -0.39 is 7.51 Å². The van der Waals surface area contributed by atoms with E-state index in [2.05, 4.69) is 88.8 Å². The summed E-state index contributed by atoms with van der Waals surface area (Å²) in [6, 6.07) is 21.9. The van der Waals surface area contributed by atoms with Crippen LogP contribution in [0, 0.1) is 0 Å². The lowest BCUT2D eigenvalue weighted by Crippen LogP contribution is -2.29. The van der Waals surface area contributed by atoms with E-state index in [4.69, 9.17) is 4.74 Å². The Morgan fingerprint density at radius 2 is 1.67 bits per heavy atom. The molecule has 0 amide bonds. The highest BCUT2D eigenvalue weighted by molar-refractivity contribution is 7.63. The number of para-hydroxylation sites is 1. The van der Waals surface area contributed by atoms with Gasteiger partial charge < -0.3 is 4.67 Å². The normalized spacial score (nSPS) is 26.8. The molecule has 2 atom stereocenters. The monoisotopic (exact) mass is 340 g/mol.